The van der Waals surface area contributed by atoms with Gasteiger partial charge in [-0.05, 0) is 11.1 Å². The van der Waals surface area contributed by atoms with Gasteiger partial charge in [0.25, 0.3) is 5.56 Å². The van der Waals surface area contributed by atoms with Crippen molar-refractivity contribution in [3.63, 3.8) is 0 Å². The quantitative estimate of drug-likeness (QED) is 0.487. The second kappa shape index (κ2) is 7.79. The fraction of sp³-hybridized carbons (Fsp3) is 0.182. The Kier molecular flexibility index (Phi) is 4.84. The fourth-order valence-electron chi connectivity index (χ4n) is 3.79. The van der Waals surface area contributed by atoms with Crippen molar-refractivity contribution in [2.24, 2.45) is 0 Å². The summed E-state index contributed by atoms with van der Waals surface area (Å²) in [6, 6.07) is 19.3. The van der Waals surface area contributed by atoms with Gasteiger partial charge in [0.05, 0.1) is 18.3 Å². The number of rotatable bonds is 5. The minimum Gasteiger partial charge on any atom is -0.345 e. The second-order valence-corrected chi connectivity index (χ2v) is 8.18. The van der Waals surface area contributed by atoms with E-state index in [2.05, 4.69) is 20.5 Å². The minimum absolute atomic E-state index is 0.106. The highest BCUT2D eigenvalue weighted by Gasteiger charge is 2.29. The van der Waals surface area contributed by atoms with Gasteiger partial charge in [-0.25, -0.2) is 4.98 Å². The number of aromatic amines is 1. The first-order chi connectivity index (χ1) is 14.7. The first kappa shape index (κ1) is 18.6. The smallest absolute Gasteiger partial charge is 0.265 e. The summed E-state index contributed by atoms with van der Waals surface area (Å²) in [4.78, 5) is 30.3. The largest absolute Gasteiger partial charge is 0.345 e. The number of hydrogen-bond donors (Lipinski definition) is 2. The molecule has 0 bridgehead atoms. The van der Waals surface area contributed by atoms with Crippen LogP contribution in [0.25, 0.3) is 11.0 Å². The molecule has 2 aromatic carbocycles. The van der Waals surface area contributed by atoms with Gasteiger partial charge < -0.3 is 5.32 Å². The molecule has 5 rings (SSSR count). The molecule has 4 aromatic rings. The number of amides is 1. The zero-order chi connectivity index (χ0) is 20.5. The number of carbonyl (C=O) groups is 1. The maximum Gasteiger partial charge on any atom is 0.265 e. The van der Waals surface area contributed by atoms with Gasteiger partial charge in [0.1, 0.15) is 5.39 Å². The molecule has 2 aromatic heterocycles. The van der Waals surface area contributed by atoms with Gasteiger partial charge in [0, 0.05) is 12.2 Å². The Hall–Kier alpha value is -3.39. The van der Waals surface area contributed by atoms with Gasteiger partial charge in [0.2, 0.25) is 5.91 Å². The number of carbonyl (C=O) groups excluding carboxylic acids is 1. The first-order valence-corrected chi connectivity index (χ1v) is 10.7. The van der Waals surface area contributed by atoms with Gasteiger partial charge in [0.15, 0.2) is 10.8 Å². The van der Waals surface area contributed by atoms with Gasteiger partial charge in [-0.2, -0.15) is 5.10 Å². The Morgan fingerprint density at radius 3 is 2.47 bits per heavy atom. The summed E-state index contributed by atoms with van der Waals surface area (Å²) in [5.74, 6) is 0.530. The number of nitrogens with one attached hydrogen (secondary N) is 2. The van der Waals surface area contributed by atoms with E-state index in [-0.39, 0.29) is 30.0 Å². The Morgan fingerprint density at radius 2 is 1.80 bits per heavy atom. The lowest BCUT2D eigenvalue weighted by molar-refractivity contribution is -0.122. The lowest BCUT2D eigenvalue weighted by atomic mass is 9.98. The Morgan fingerprint density at radius 1 is 1.13 bits per heavy atom. The maximum absolute atomic E-state index is 13.0. The highest BCUT2D eigenvalue weighted by molar-refractivity contribution is 7.99. The number of hydrogen-bond acceptors (Lipinski definition) is 5. The normalized spacial score (nSPS) is 15.4. The van der Waals surface area contributed by atoms with E-state index < -0.39 is 0 Å². The molecule has 1 amide bonds. The molecule has 30 heavy (non-hydrogen) atoms. The molecule has 0 radical (unpaired) electrons. The van der Waals surface area contributed by atoms with Crippen molar-refractivity contribution >= 4 is 28.7 Å². The van der Waals surface area contributed by atoms with Gasteiger partial charge in [-0.1, -0.05) is 72.4 Å². The third-order valence-corrected chi connectivity index (χ3v) is 6.34. The summed E-state index contributed by atoms with van der Waals surface area (Å²) in [6.45, 7) is 0. The van der Waals surface area contributed by atoms with Crippen molar-refractivity contribution in [1.29, 1.82) is 0 Å². The molecular formula is C22H19N5O2S. The lowest BCUT2D eigenvalue weighted by Gasteiger charge is -2.21. The molecule has 7 nitrogen and oxygen atoms in total. The number of aromatic nitrogens is 4. The number of nitrogens with zero attached hydrogens (tertiary/aromatic N) is 3. The fourth-order valence-corrected chi connectivity index (χ4v) is 4.93. The van der Waals surface area contributed by atoms with E-state index in [4.69, 9.17) is 0 Å². The highest BCUT2D eigenvalue weighted by Crippen LogP contribution is 2.33. The third-order valence-electron chi connectivity index (χ3n) is 5.24. The van der Waals surface area contributed by atoms with Crippen molar-refractivity contribution in [3.05, 3.63) is 88.3 Å². The number of thioether (sulfide) groups is 1. The van der Waals surface area contributed by atoms with E-state index in [0.717, 1.165) is 11.1 Å². The van der Waals surface area contributed by atoms with Crippen LogP contribution in [0.5, 0.6) is 0 Å². The zero-order valence-corrected chi connectivity index (χ0v) is 16.8. The molecular weight excluding hydrogens is 398 g/mol. The van der Waals surface area contributed by atoms with Gasteiger partial charge >= 0.3 is 0 Å². The Balaban J connectivity index is 1.40. The zero-order valence-electron chi connectivity index (χ0n) is 16.0. The Labute approximate surface area is 176 Å². The summed E-state index contributed by atoms with van der Waals surface area (Å²) in [5, 5.41) is 10.9. The standard InChI is InChI=1S/C22H19N5O2S/c28-18(24-19(14-7-3-1-4-8-14)15-9-5-2-6-10-15)11-16-13-30-22-25-20-17(12-23-26-20)21(29)27(16)22/h1-10,12,16,19H,11,13H2,(H,23,26)(H,24,28). The summed E-state index contributed by atoms with van der Waals surface area (Å²) >= 11 is 1.49. The molecule has 8 heteroatoms. The Bertz CT molecular complexity index is 1210. The van der Waals surface area contributed by atoms with Crippen molar-refractivity contribution in [3.8, 4) is 0 Å². The number of benzene rings is 2. The molecule has 3 heterocycles. The monoisotopic (exact) mass is 417 g/mol. The molecule has 0 spiro atoms. The molecule has 2 N–H and O–H groups in total. The lowest BCUT2D eigenvalue weighted by Crippen LogP contribution is -2.33. The summed E-state index contributed by atoms with van der Waals surface area (Å²) in [6.07, 6.45) is 1.69. The average molecular weight is 417 g/mol. The van der Waals surface area contributed by atoms with Crippen molar-refractivity contribution in [1.82, 2.24) is 25.1 Å². The van der Waals surface area contributed by atoms with Crippen LogP contribution in [0.4, 0.5) is 0 Å². The summed E-state index contributed by atoms with van der Waals surface area (Å²) in [7, 11) is 0. The molecule has 1 unspecified atom stereocenters. The molecule has 1 atom stereocenters. The summed E-state index contributed by atoms with van der Waals surface area (Å²) < 4.78 is 1.63. The van der Waals surface area contributed by atoms with Crippen LogP contribution in [-0.4, -0.2) is 31.4 Å². The predicted octanol–water partition coefficient (Wildman–Crippen LogP) is 3.06. The highest BCUT2D eigenvalue weighted by atomic mass is 32.2. The number of H-pyrrole nitrogens is 1. The predicted molar refractivity (Wildman–Crippen MR) is 115 cm³/mol. The van der Waals surface area contributed by atoms with Crippen LogP contribution in [0.2, 0.25) is 0 Å². The molecule has 0 saturated carbocycles. The summed E-state index contributed by atoms with van der Waals surface area (Å²) in [5.41, 5.74) is 2.35. The van der Waals surface area contributed by atoms with E-state index in [1.54, 1.807) is 4.57 Å². The van der Waals surface area contributed by atoms with Crippen molar-refractivity contribution in [2.75, 3.05) is 5.75 Å². The first-order valence-electron chi connectivity index (χ1n) is 9.68. The van der Waals surface area contributed by atoms with E-state index in [0.29, 0.717) is 21.9 Å². The molecule has 0 saturated heterocycles. The van der Waals surface area contributed by atoms with E-state index in [9.17, 15) is 9.59 Å². The van der Waals surface area contributed by atoms with Crippen LogP contribution in [0.15, 0.2) is 76.8 Å². The SMILES string of the molecule is O=C(CC1CSc2nc3[nH]ncc3c(=O)n21)NC(c1ccccc1)c1ccccc1. The van der Waals surface area contributed by atoms with Gasteiger partial charge in [-0.3, -0.25) is 19.3 Å². The van der Waals surface area contributed by atoms with Crippen LogP contribution >= 0.6 is 11.8 Å². The molecule has 1 aliphatic heterocycles. The van der Waals surface area contributed by atoms with E-state index in [1.165, 1.54) is 18.0 Å². The maximum atomic E-state index is 13.0. The van der Waals surface area contributed by atoms with Crippen molar-refractivity contribution in [2.45, 2.75) is 23.7 Å². The molecule has 0 aliphatic carbocycles. The van der Waals surface area contributed by atoms with Crippen molar-refractivity contribution < 1.29 is 4.79 Å². The van der Waals surface area contributed by atoms with Gasteiger partial charge in [-0.15, -0.1) is 0 Å². The van der Waals surface area contributed by atoms with Crippen LogP contribution < -0.4 is 10.9 Å². The van der Waals surface area contributed by atoms with E-state index >= 15 is 0 Å². The third kappa shape index (κ3) is 3.39. The topological polar surface area (TPSA) is 92.7 Å². The molecule has 1 aliphatic rings. The van der Waals surface area contributed by atoms with Crippen LogP contribution in [0.3, 0.4) is 0 Å². The minimum atomic E-state index is -0.250. The number of fused-ring (bicyclic) bond motifs is 2. The second-order valence-electron chi connectivity index (χ2n) is 7.19. The molecule has 150 valence electrons. The van der Waals surface area contributed by atoms with Crippen LogP contribution in [0.1, 0.15) is 29.6 Å². The van der Waals surface area contributed by atoms with Crippen LogP contribution in [-0.2, 0) is 4.79 Å². The van der Waals surface area contributed by atoms with E-state index in [1.807, 2.05) is 60.7 Å². The molecule has 0 fully saturated rings. The van der Waals surface area contributed by atoms with Crippen LogP contribution in [0, 0.1) is 0 Å². The average Bonchev–Trinajstić information content (AvgIpc) is 3.41.